The highest BCUT2D eigenvalue weighted by atomic mass is 35.5. The smallest absolute Gasteiger partial charge is 0.345 e. The van der Waals surface area contributed by atoms with E-state index in [1.54, 1.807) is 12.1 Å². The van der Waals surface area contributed by atoms with E-state index in [0.717, 1.165) is 22.4 Å². The first kappa shape index (κ1) is 24.5. The topological polar surface area (TPSA) is 83.5 Å². The number of nitrogens with one attached hydrogen (secondary N) is 1. The summed E-state index contributed by atoms with van der Waals surface area (Å²) in [4.78, 5) is 12.2. The van der Waals surface area contributed by atoms with Crippen molar-refractivity contribution in [3.05, 3.63) is 92.6 Å². The van der Waals surface area contributed by atoms with Gasteiger partial charge in [0.1, 0.15) is 10.1 Å². The Morgan fingerprint density at radius 1 is 1.00 bits per heavy atom. The predicted octanol–water partition coefficient (Wildman–Crippen LogP) is 5.72. The molecule has 0 radical (unpaired) electrons. The predicted molar refractivity (Wildman–Crippen MR) is 130 cm³/mol. The molecule has 170 valence electrons. The Kier molecular flexibility index (Phi) is 8.87. The lowest BCUT2D eigenvalue weighted by atomic mass is 10.0. The molecule has 0 spiro atoms. The fraction of sp³-hybridized carbons (Fsp3) is 0.292. The first-order chi connectivity index (χ1) is 15.3. The summed E-state index contributed by atoms with van der Waals surface area (Å²) in [6.45, 7) is 0.306. The van der Waals surface area contributed by atoms with Crippen LogP contribution in [-0.4, -0.2) is 26.0 Å². The molecule has 32 heavy (non-hydrogen) atoms. The maximum absolute atomic E-state index is 13.1. The molecule has 0 amide bonds. The molecule has 2 aromatic carbocycles. The summed E-state index contributed by atoms with van der Waals surface area (Å²) >= 11 is 7.28. The van der Waals surface area contributed by atoms with E-state index in [9.17, 15) is 13.2 Å². The molecule has 1 atom stereocenters. The largest absolute Gasteiger partial charge is 0.477 e. The lowest BCUT2D eigenvalue weighted by molar-refractivity contribution is 0.0702. The average molecular weight is 492 g/mol. The maximum atomic E-state index is 13.1. The van der Waals surface area contributed by atoms with E-state index in [1.807, 2.05) is 54.6 Å². The summed E-state index contributed by atoms with van der Waals surface area (Å²) in [5.74, 6) is -0.939. The number of hydrogen-bond donors (Lipinski definition) is 2. The first-order valence-corrected chi connectivity index (χ1v) is 13.2. The SMILES string of the molecule is O=C(O)c1ccc(CCCNS(=O)(=O)C(CCCc2cccc(Cl)c2)c2ccccc2)s1. The monoisotopic (exact) mass is 491 g/mol. The lowest BCUT2D eigenvalue weighted by Gasteiger charge is -2.19. The van der Waals surface area contributed by atoms with Gasteiger partial charge in [0.15, 0.2) is 0 Å². The Morgan fingerprint density at radius 3 is 2.47 bits per heavy atom. The lowest BCUT2D eigenvalue weighted by Crippen LogP contribution is -2.30. The number of aryl methyl sites for hydroxylation is 2. The van der Waals surface area contributed by atoms with Crippen LogP contribution in [0.25, 0.3) is 0 Å². The molecule has 1 unspecified atom stereocenters. The standard InChI is InChI=1S/C24H26ClNO4S2/c25-20-11-4-7-18(17-20)8-5-13-23(19-9-2-1-3-10-19)32(29,30)26-16-6-12-21-14-15-22(31-21)24(27)28/h1-4,7,9-11,14-15,17,23,26H,5-6,8,12-13,16H2,(H,27,28). The number of sulfonamides is 1. The zero-order valence-corrected chi connectivity index (χ0v) is 19.9. The van der Waals surface area contributed by atoms with Crippen molar-refractivity contribution in [3.8, 4) is 0 Å². The number of benzene rings is 2. The second-order valence-corrected chi connectivity index (χ2v) is 11.1. The van der Waals surface area contributed by atoms with Gasteiger partial charge in [-0.1, -0.05) is 54.1 Å². The van der Waals surface area contributed by atoms with Crippen molar-refractivity contribution < 1.29 is 18.3 Å². The molecule has 0 saturated carbocycles. The third kappa shape index (κ3) is 7.17. The van der Waals surface area contributed by atoms with Crippen molar-refractivity contribution in [1.29, 1.82) is 0 Å². The normalized spacial score (nSPS) is 12.5. The van der Waals surface area contributed by atoms with Crippen LogP contribution in [0.1, 0.15) is 50.2 Å². The van der Waals surface area contributed by atoms with Crippen LogP contribution in [0, 0.1) is 0 Å². The van der Waals surface area contributed by atoms with E-state index in [2.05, 4.69) is 4.72 Å². The van der Waals surface area contributed by atoms with Gasteiger partial charge in [0.25, 0.3) is 0 Å². The molecular formula is C24H26ClNO4S2. The molecule has 0 aliphatic rings. The van der Waals surface area contributed by atoms with Gasteiger partial charge < -0.3 is 5.11 Å². The van der Waals surface area contributed by atoms with Gasteiger partial charge in [0, 0.05) is 16.4 Å². The van der Waals surface area contributed by atoms with E-state index >= 15 is 0 Å². The Morgan fingerprint density at radius 2 is 1.78 bits per heavy atom. The second-order valence-electron chi connectivity index (χ2n) is 7.54. The first-order valence-electron chi connectivity index (χ1n) is 10.4. The molecule has 0 saturated heterocycles. The minimum absolute atomic E-state index is 0.296. The second kappa shape index (κ2) is 11.6. The zero-order valence-electron chi connectivity index (χ0n) is 17.5. The molecule has 1 heterocycles. The van der Waals surface area contributed by atoms with Crippen LogP contribution < -0.4 is 4.72 Å². The molecular weight excluding hydrogens is 466 g/mol. The highest BCUT2D eigenvalue weighted by Crippen LogP contribution is 2.28. The van der Waals surface area contributed by atoms with Crippen molar-refractivity contribution in [3.63, 3.8) is 0 Å². The van der Waals surface area contributed by atoms with E-state index in [-0.39, 0.29) is 0 Å². The number of carbonyl (C=O) groups is 1. The van der Waals surface area contributed by atoms with E-state index in [0.29, 0.717) is 42.1 Å². The van der Waals surface area contributed by atoms with Crippen molar-refractivity contribution >= 4 is 38.9 Å². The fourth-order valence-electron chi connectivity index (χ4n) is 3.56. The summed E-state index contributed by atoms with van der Waals surface area (Å²) < 4.78 is 29.0. The third-order valence-electron chi connectivity index (χ3n) is 5.14. The summed E-state index contributed by atoms with van der Waals surface area (Å²) in [5.41, 5.74) is 1.86. The average Bonchev–Trinajstić information content (AvgIpc) is 3.24. The molecule has 3 rings (SSSR count). The van der Waals surface area contributed by atoms with Gasteiger partial charge in [-0.3, -0.25) is 0 Å². The Balaban J connectivity index is 1.59. The van der Waals surface area contributed by atoms with Crippen LogP contribution in [0.3, 0.4) is 0 Å². The number of carboxylic acid groups (broad SMARTS) is 1. The van der Waals surface area contributed by atoms with E-state index < -0.39 is 21.2 Å². The highest BCUT2D eigenvalue weighted by Gasteiger charge is 2.26. The highest BCUT2D eigenvalue weighted by molar-refractivity contribution is 7.89. The number of rotatable bonds is 12. The van der Waals surface area contributed by atoms with Crippen LogP contribution in [0.5, 0.6) is 0 Å². The molecule has 0 fully saturated rings. The van der Waals surface area contributed by atoms with Crippen molar-refractivity contribution in [2.45, 2.75) is 37.4 Å². The number of aromatic carboxylic acids is 1. The van der Waals surface area contributed by atoms with E-state index in [1.165, 1.54) is 11.3 Å². The van der Waals surface area contributed by atoms with Crippen molar-refractivity contribution in [2.75, 3.05) is 6.54 Å². The van der Waals surface area contributed by atoms with Gasteiger partial charge in [-0.05, 0) is 67.5 Å². The Hall–Kier alpha value is -2.19. The quantitative estimate of drug-likeness (QED) is 0.317. The summed E-state index contributed by atoms with van der Waals surface area (Å²) in [6, 6.07) is 20.3. The Bertz CT molecular complexity index is 1130. The molecule has 0 aliphatic heterocycles. The van der Waals surface area contributed by atoms with Gasteiger partial charge >= 0.3 is 5.97 Å². The molecule has 5 nitrogen and oxygen atoms in total. The van der Waals surface area contributed by atoms with Gasteiger partial charge in [0.05, 0.1) is 0 Å². The minimum atomic E-state index is -3.57. The molecule has 8 heteroatoms. The fourth-order valence-corrected chi connectivity index (χ4v) is 6.28. The molecule has 1 aromatic heterocycles. The van der Waals surface area contributed by atoms with Crippen LogP contribution >= 0.6 is 22.9 Å². The third-order valence-corrected chi connectivity index (χ3v) is 8.37. The minimum Gasteiger partial charge on any atom is -0.477 e. The van der Waals surface area contributed by atoms with Crippen LogP contribution in [0.2, 0.25) is 5.02 Å². The van der Waals surface area contributed by atoms with Gasteiger partial charge in [-0.25, -0.2) is 17.9 Å². The summed E-state index contributed by atoms with van der Waals surface area (Å²) in [5, 5.41) is 9.06. The number of carboxylic acids is 1. The number of hydrogen-bond acceptors (Lipinski definition) is 4. The van der Waals surface area contributed by atoms with Crippen LogP contribution in [0.4, 0.5) is 0 Å². The number of thiophene rings is 1. The van der Waals surface area contributed by atoms with Gasteiger partial charge in [0.2, 0.25) is 10.0 Å². The molecule has 0 aliphatic carbocycles. The van der Waals surface area contributed by atoms with E-state index in [4.69, 9.17) is 16.7 Å². The van der Waals surface area contributed by atoms with Gasteiger partial charge in [-0.2, -0.15) is 0 Å². The van der Waals surface area contributed by atoms with Crippen LogP contribution in [0.15, 0.2) is 66.7 Å². The summed E-state index contributed by atoms with van der Waals surface area (Å²) in [7, 11) is -3.57. The summed E-state index contributed by atoms with van der Waals surface area (Å²) in [6.07, 6.45) is 3.20. The molecule has 0 bridgehead atoms. The van der Waals surface area contributed by atoms with Crippen molar-refractivity contribution in [1.82, 2.24) is 4.72 Å². The van der Waals surface area contributed by atoms with Gasteiger partial charge in [-0.15, -0.1) is 11.3 Å². The molecule has 3 aromatic rings. The molecule has 2 N–H and O–H groups in total. The van der Waals surface area contributed by atoms with Crippen LogP contribution in [-0.2, 0) is 22.9 Å². The Labute approximate surface area is 198 Å². The maximum Gasteiger partial charge on any atom is 0.345 e. The number of halogens is 1. The zero-order chi connectivity index (χ0) is 23.0. The van der Waals surface area contributed by atoms with Crippen molar-refractivity contribution in [2.24, 2.45) is 0 Å².